The summed E-state index contributed by atoms with van der Waals surface area (Å²) in [6.45, 7) is 2.09. The Balaban J connectivity index is 2.36. The summed E-state index contributed by atoms with van der Waals surface area (Å²) < 4.78 is 9.92. The number of ether oxygens (including phenoxy) is 2. The molecule has 2 atom stereocenters. The van der Waals surface area contributed by atoms with Crippen molar-refractivity contribution in [2.75, 3.05) is 13.9 Å². The van der Waals surface area contributed by atoms with Crippen LogP contribution in [0.25, 0.3) is 0 Å². The first kappa shape index (κ1) is 8.43. The van der Waals surface area contributed by atoms with E-state index in [-0.39, 0.29) is 24.6 Å². The molecule has 0 spiro atoms. The van der Waals surface area contributed by atoms with Crippen molar-refractivity contribution in [3.63, 3.8) is 0 Å². The van der Waals surface area contributed by atoms with Crippen LogP contribution in [0.15, 0.2) is 12.2 Å². The van der Waals surface area contributed by atoms with Gasteiger partial charge in [-0.3, -0.25) is 4.79 Å². The molecule has 3 heteroatoms. The molecule has 0 aromatic carbocycles. The molecule has 0 N–H and O–H groups in total. The summed E-state index contributed by atoms with van der Waals surface area (Å²) in [5, 5.41) is 0. The molecule has 0 fully saturated rings. The molecule has 3 nitrogen and oxygen atoms in total. The third-order valence-corrected chi connectivity index (χ3v) is 1.77. The Bertz CT molecular complexity index is 174. The molecule has 0 saturated carbocycles. The predicted octanol–water partition coefficient (Wildman–Crippen LogP) is 0.751. The van der Waals surface area contributed by atoms with E-state index in [4.69, 9.17) is 9.47 Å². The Morgan fingerprint density at radius 2 is 2.36 bits per heavy atom. The number of hydrogen-bond donors (Lipinski definition) is 0. The average molecular weight is 156 g/mol. The van der Waals surface area contributed by atoms with Gasteiger partial charge < -0.3 is 9.47 Å². The summed E-state index contributed by atoms with van der Waals surface area (Å²) in [7, 11) is 1.56. The molecule has 1 aliphatic carbocycles. The molecule has 0 aromatic heterocycles. The van der Waals surface area contributed by atoms with Crippen molar-refractivity contribution in [3.8, 4) is 0 Å². The summed E-state index contributed by atoms with van der Waals surface area (Å²) in [5.74, 6) is 0.0799. The van der Waals surface area contributed by atoms with E-state index in [0.717, 1.165) is 0 Å². The minimum absolute atomic E-state index is 0.0508. The largest absolute Gasteiger partial charge is 0.359 e. The van der Waals surface area contributed by atoms with Crippen molar-refractivity contribution in [3.05, 3.63) is 12.2 Å². The zero-order valence-corrected chi connectivity index (χ0v) is 6.74. The third kappa shape index (κ3) is 1.88. The van der Waals surface area contributed by atoms with Gasteiger partial charge in [0.25, 0.3) is 0 Å². The molecule has 0 aliphatic heterocycles. The van der Waals surface area contributed by atoms with Crippen LogP contribution in [0.1, 0.15) is 6.92 Å². The lowest BCUT2D eigenvalue weighted by molar-refractivity contribution is -0.123. The Morgan fingerprint density at radius 3 is 2.82 bits per heavy atom. The molecule has 62 valence electrons. The summed E-state index contributed by atoms with van der Waals surface area (Å²) in [6.07, 6.45) is 3.24. The maximum absolute atomic E-state index is 10.9. The highest BCUT2D eigenvalue weighted by Crippen LogP contribution is 2.17. The first-order valence-corrected chi connectivity index (χ1v) is 3.58. The van der Waals surface area contributed by atoms with Gasteiger partial charge in [-0.2, -0.15) is 0 Å². The van der Waals surface area contributed by atoms with Crippen LogP contribution < -0.4 is 0 Å². The Kier molecular flexibility index (Phi) is 2.79. The molecule has 11 heavy (non-hydrogen) atoms. The third-order valence-electron chi connectivity index (χ3n) is 1.77. The van der Waals surface area contributed by atoms with E-state index in [2.05, 4.69) is 0 Å². The topological polar surface area (TPSA) is 35.5 Å². The maximum atomic E-state index is 10.9. The van der Waals surface area contributed by atoms with Crippen LogP contribution in [0.2, 0.25) is 0 Å². The van der Waals surface area contributed by atoms with Gasteiger partial charge in [0.2, 0.25) is 0 Å². The molecule has 1 rings (SSSR count). The average Bonchev–Trinajstić information content (AvgIpc) is 2.31. The number of ketones is 1. The maximum Gasteiger partial charge on any atom is 0.161 e. The number of methoxy groups -OCH3 is 1. The van der Waals surface area contributed by atoms with Crippen molar-refractivity contribution in [1.82, 2.24) is 0 Å². The van der Waals surface area contributed by atoms with Gasteiger partial charge in [0.05, 0.1) is 6.10 Å². The molecule has 0 heterocycles. The lowest BCUT2D eigenvalue weighted by Gasteiger charge is -2.13. The molecular formula is C8H12O3. The van der Waals surface area contributed by atoms with E-state index in [1.165, 1.54) is 0 Å². The molecule has 0 radical (unpaired) electrons. The van der Waals surface area contributed by atoms with Crippen molar-refractivity contribution in [2.45, 2.75) is 13.0 Å². The van der Waals surface area contributed by atoms with Gasteiger partial charge in [-0.15, -0.1) is 0 Å². The summed E-state index contributed by atoms with van der Waals surface area (Å²) in [6, 6.07) is 0. The lowest BCUT2D eigenvalue weighted by Crippen LogP contribution is -2.21. The fourth-order valence-electron chi connectivity index (χ4n) is 1.02. The molecular weight excluding hydrogens is 144 g/mol. The predicted molar refractivity (Wildman–Crippen MR) is 40.1 cm³/mol. The smallest absolute Gasteiger partial charge is 0.161 e. The minimum atomic E-state index is -0.0950. The Morgan fingerprint density at radius 1 is 1.64 bits per heavy atom. The van der Waals surface area contributed by atoms with Gasteiger partial charge >= 0.3 is 0 Å². The fourth-order valence-corrected chi connectivity index (χ4v) is 1.02. The summed E-state index contributed by atoms with van der Waals surface area (Å²) >= 11 is 0. The van der Waals surface area contributed by atoms with Crippen molar-refractivity contribution < 1.29 is 14.3 Å². The molecule has 0 saturated heterocycles. The van der Waals surface area contributed by atoms with Crippen molar-refractivity contribution in [2.24, 2.45) is 5.92 Å². The van der Waals surface area contributed by atoms with Crippen LogP contribution >= 0.6 is 0 Å². The fraction of sp³-hybridized carbons (Fsp3) is 0.625. The van der Waals surface area contributed by atoms with Crippen LogP contribution in [0.4, 0.5) is 0 Å². The first-order chi connectivity index (χ1) is 5.25. The SMILES string of the molecule is COCOC1C=CC(=O)C1C. The second kappa shape index (κ2) is 3.64. The number of carbonyl (C=O) groups is 1. The zero-order valence-electron chi connectivity index (χ0n) is 6.74. The zero-order chi connectivity index (χ0) is 8.27. The van der Waals surface area contributed by atoms with Gasteiger partial charge in [-0.1, -0.05) is 13.0 Å². The highest BCUT2D eigenvalue weighted by Gasteiger charge is 2.25. The second-order valence-electron chi connectivity index (χ2n) is 2.59. The number of allylic oxidation sites excluding steroid dienone is 1. The van der Waals surface area contributed by atoms with Crippen LogP contribution in [0, 0.1) is 5.92 Å². The van der Waals surface area contributed by atoms with E-state index in [0.29, 0.717) is 0 Å². The quantitative estimate of drug-likeness (QED) is 0.566. The van der Waals surface area contributed by atoms with Crippen LogP contribution in [-0.4, -0.2) is 25.8 Å². The van der Waals surface area contributed by atoms with E-state index >= 15 is 0 Å². The minimum Gasteiger partial charge on any atom is -0.359 e. The number of hydrogen-bond acceptors (Lipinski definition) is 3. The van der Waals surface area contributed by atoms with Crippen molar-refractivity contribution >= 4 is 5.78 Å². The standard InChI is InChI=1S/C8H12O3/c1-6-7(9)3-4-8(6)11-5-10-2/h3-4,6,8H,5H2,1-2H3. The lowest BCUT2D eigenvalue weighted by atomic mass is 10.1. The second-order valence-corrected chi connectivity index (χ2v) is 2.59. The van der Waals surface area contributed by atoms with Gasteiger partial charge in [-0.25, -0.2) is 0 Å². The highest BCUT2D eigenvalue weighted by molar-refractivity contribution is 5.94. The van der Waals surface area contributed by atoms with Gasteiger partial charge in [0.1, 0.15) is 6.79 Å². The first-order valence-electron chi connectivity index (χ1n) is 3.58. The van der Waals surface area contributed by atoms with Gasteiger partial charge in [0, 0.05) is 13.0 Å². The summed E-state index contributed by atoms with van der Waals surface area (Å²) in [4.78, 5) is 10.9. The van der Waals surface area contributed by atoms with Crippen LogP contribution in [0.5, 0.6) is 0 Å². The number of rotatable bonds is 3. The highest BCUT2D eigenvalue weighted by atomic mass is 16.7. The Labute approximate surface area is 66.0 Å². The van der Waals surface area contributed by atoms with Crippen LogP contribution in [-0.2, 0) is 14.3 Å². The number of carbonyl (C=O) groups excluding carboxylic acids is 1. The molecule has 0 amide bonds. The van der Waals surface area contributed by atoms with E-state index < -0.39 is 0 Å². The van der Waals surface area contributed by atoms with Gasteiger partial charge in [0.15, 0.2) is 5.78 Å². The molecule has 2 unspecified atom stereocenters. The van der Waals surface area contributed by atoms with E-state index in [1.807, 2.05) is 6.92 Å². The van der Waals surface area contributed by atoms with Crippen molar-refractivity contribution in [1.29, 1.82) is 0 Å². The monoisotopic (exact) mass is 156 g/mol. The van der Waals surface area contributed by atoms with E-state index in [1.54, 1.807) is 19.3 Å². The normalized spacial score (nSPS) is 29.8. The Hall–Kier alpha value is -0.670. The molecule has 0 bridgehead atoms. The van der Waals surface area contributed by atoms with Crippen LogP contribution in [0.3, 0.4) is 0 Å². The van der Waals surface area contributed by atoms with Gasteiger partial charge in [-0.05, 0) is 6.08 Å². The summed E-state index contributed by atoms with van der Waals surface area (Å²) in [5.41, 5.74) is 0. The van der Waals surface area contributed by atoms with E-state index in [9.17, 15) is 4.79 Å². The molecule has 1 aliphatic rings. The molecule has 0 aromatic rings.